The summed E-state index contributed by atoms with van der Waals surface area (Å²) in [6.07, 6.45) is 5.78. The van der Waals surface area contributed by atoms with E-state index in [0.29, 0.717) is 6.42 Å². The van der Waals surface area contributed by atoms with Crippen LogP contribution in [-0.2, 0) is 39.8 Å². The number of hydrogen-bond donors (Lipinski definition) is 0. The van der Waals surface area contributed by atoms with Crippen LogP contribution in [0.5, 0.6) is 11.5 Å². The monoisotopic (exact) mass is 508 g/mol. The quantitative estimate of drug-likeness (QED) is 0.321. The lowest BCUT2D eigenvalue weighted by Crippen LogP contribution is -2.22. The summed E-state index contributed by atoms with van der Waals surface area (Å²) in [6, 6.07) is 1.24. The van der Waals surface area contributed by atoms with Gasteiger partial charge in [-0.15, -0.1) is 0 Å². The lowest BCUT2D eigenvalue weighted by Gasteiger charge is -2.20. The largest absolute Gasteiger partial charge is 0.481 e. The number of carbonyl (C=O) groups is 4. The number of rotatable bonds is 6. The maximum Gasteiger partial charge on any atom is 0.343 e. The summed E-state index contributed by atoms with van der Waals surface area (Å²) < 4.78 is 31.3. The van der Waals surface area contributed by atoms with Crippen LogP contribution in [0.25, 0.3) is 0 Å². The van der Waals surface area contributed by atoms with Gasteiger partial charge in [-0.25, -0.2) is 14.4 Å². The van der Waals surface area contributed by atoms with E-state index in [0.717, 1.165) is 0 Å². The fraction of sp³-hybridized carbons (Fsp3) is 0.417. The van der Waals surface area contributed by atoms with Gasteiger partial charge in [0.25, 0.3) is 0 Å². The van der Waals surface area contributed by atoms with Crippen molar-refractivity contribution in [2.45, 2.75) is 38.1 Å². The van der Waals surface area contributed by atoms with E-state index in [-0.39, 0.29) is 52.1 Å². The summed E-state index contributed by atoms with van der Waals surface area (Å²) >= 11 is 6.52. The molecule has 0 aliphatic carbocycles. The van der Waals surface area contributed by atoms with Crippen LogP contribution in [0.1, 0.15) is 29.3 Å². The van der Waals surface area contributed by atoms with Crippen LogP contribution in [0.15, 0.2) is 30.4 Å². The van der Waals surface area contributed by atoms with Gasteiger partial charge in [-0.3, -0.25) is 4.79 Å². The highest BCUT2D eigenvalue weighted by atomic mass is 35.5. The van der Waals surface area contributed by atoms with Crippen LogP contribution in [0.2, 0.25) is 5.02 Å². The number of esters is 3. The van der Waals surface area contributed by atoms with E-state index < -0.39 is 37.2 Å². The van der Waals surface area contributed by atoms with Crippen molar-refractivity contribution in [2.75, 3.05) is 27.4 Å². The maximum atomic E-state index is 13.2. The number of ether oxygens (including phenoxy) is 6. The van der Waals surface area contributed by atoms with Crippen LogP contribution in [-0.4, -0.2) is 69.4 Å². The molecule has 2 aliphatic rings. The van der Waals surface area contributed by atoms with Crippen LogP contribution in [0.4, 0.5) is 0 Å². The molecule has 0 spiro atoms. The Labute approximate surface area is 206 Å². The Morgan fingerprint density at radius 1 is 1.06 bits per heavy atom. The van der Waals surface area contributed by atoms with Gasteiger partial charge in [0.2, 0.25) is 0 Å². The summed E-state index contributed by atoms with van der Waals surface area (Å²) in [5, 5.41) is -0.0890. The number of cyclic esters (lactones) is 1. The number of carbonyl (C=O) groups excluding carboxylic acids is 4. The van der Waals surface area contributed by atoms with Gasteiger partial charge in [0.1, 0.15) is 29.3 Å². The smallest absolute Gasteiger partial charge is 0.343 e. The van der Waals surface area contributed by atoms with Gasteiger partial charge in [0, 0.05) is 24.5 Å². The summed E-state index contributed by atoms with van der Waals surface area (Å²) in [4.78, 5) is 49.2. The van der Waals surface area contributed by atoms with Gasteiger partial charge in [-0.1, -0.05) is 29.8 Å². The normalized spacial score (nSPS) is 21.7. The third-order valence-corrected chi connectivity index (χ3v) is 5.60. The first-order valence-electron chi connectivity index (χ1n) is 10.7. The summed E-state index contributed by atoms with van der Waals surface area (Å²) in [7, 11) is 2.37. The molecule has 2 heterocycles. The molecular weight excluding hydrogens is 484 g/mol. The number of hydrogen-bond acceptors (Lipinski definition) is 10. The Kier molecular flexibility index (Phi) is 8.89. The Bertz CT molecular complexity index is 1060. The summed E-state index contributed by atoms with van der Waals surface area (Å²) in [5.41, 5.74) is -0.0823. The highest BCUT2D eigenvalue weighted by molar-refractivity contribution is 6.33. The fourth-order valence-electron chi connectivity index (χ4n) is 3.36. The zero-order valence-corrected chi connectivity index (χ0v) is 20.2. The number of ketones is 1. The third-order valence-electron chi connectivity index (χ3n) is 5.18. The lowest BCUT2D eigenvalue weighted by atomic mass is 9.99. The lowest BCUT2D eigenvalue weighted by molar-refractivity contribution is -0.143. The van der Waals surface area contributed by atoms with Crippen molar-refractivity contribution in [3.05, 3.63) is 46.5 Å². The molecule has 0 aromatic heterocycles. The molecule has 0 unspecified atom stereocenters. The molecule has 0 radical (unpaired) electrons. The number of epoxide rings is 1. The topological polar surface area (TPSA) is 127 Å². The zero-order valence-electron chi connectivity index (χ0n) is 19.4. The average molecular weight is 509 g/mol. The first-order chi connectivity index (χ1) is 16.7. The second kappa shape index (κ2) is 11.9. The number of methoxy groups -OCH3 is 2. The molecule has 1 aromatic carbocycles. The first-order valence-corrected chi connectivity index (χ1v) is 11.1. The summed E-state index contributed by atoms with van der Waals surface area (Å²) in [5.74, 6) is -2.77. The zero-order chi connectivity index (χ0) is 25.5. The number of fused-ring (bicyclic) bond motifs is 2. The third kappa shape index (κ3) is 7.06. The van der Waals surface area contributed by atoms with Gasteiger partial charge >= 0.3 is 17.9 Å². The van der Waals surface area contributed by atoms with E-state index in [4.69, 9.17) is 30.5 Å². The molecule has 0 saturated carbocycles. The molecule has 3 atom stereocenters. The van der Waals surface area contributed by atoms with E-state index >= 15 is 0 Å². The van der Waals surface area contributed by atoms with Crippen molar-refractivity contribution in [1.82, 2.24) is 0 Å². The standard InChI is InChI=1S/C24H25ClO10/c1-13-8-17-16(35-17)7-5-4-6-14(26)9-15-22(24(29)34-13)18(32-11-20(27)30-2)10-19(23(15)25)33-12-21(28)31-3/h4-7,10,13,16-17H,8-9,11-12H2,1-3H3/t13-,16+,17+/m1/s1. The second-order valence-electron chi connectivity index (χ2n) is 7.75. The van der Waals surface area contributed by atoms with E-state index in [9.17, 15) is 19.2 Å². The van der Waals surface area contributed by atoms with Crippen LogP contribution in [0.3, 0.4) is 0 Å². The molecule has 1 saturated heterocycles. The highest BCUT2D eigenvalue weighted by Crippen LogP contribution is 2.39. The van der Waals surface area contributed by atoms with Gasteiger partial charge in [-0.2, -0.15) is 0 Å². The predicted octanol–water partition coefficient (Wildman–Crippen LogP) is 2.38. The van der Waals surface area contributed by atoms with Crippen molar-refractivity contribution in [2.24, 2.45) is 0 Å². The van der Waals surface area contributed by atoms with E-state index in [1.807, 2.05) is 6.08 Å². The second-order valence-corrected chi connectivity index (χ2v) is 8.13. The van der Waals surface area contributed by atoms with Crippen molar-refractivity contribution >= 4 is 35.3 Å². The molecule has 2 aliphatic heterocycles. The summed E-state index contributed by atoms with van der Waals surface area (Å²) in [6.45, 7) is 0.676. The Hall–Kier alpha value is -3.37. The first kappa shape index (κ1) is 26.2. The fourth-order valence-corrected chi connectivity index (χ4v) is 3.63. The number of benzene rings is 1. The molecular formula is C24H25ClO10. The number of allylic oxidation sites excluding steroid dienone is 3. The van der Waals surface area contributed by atoms with Gasteiger partial charge in [0.15, 0.2) is 19.0 Å². The van der Waals surface area contributed by atoms with Crippen LogP contribution < -0.4 is 9.47 Å². The molecule has 0 bridgehead atoms. The van der Waals surface area contributed by atoms with Crippen LogP contribution in [0, 0.1) is 0 Å². The van der Waals surface area contributed by atoms with Gasteiger partial charge in [-0.05, 0) is 13.0 Å². The maximum absolute atomic E-state index is 13.2. The molecule has 188 valence electrons. The molecule has 10 nitrogen and oxygen atoms in total. The SMILES string of the molecule is COC(=O)COc1cc(OCC(=O)OC)c2c(c1Cl)CC(=O)C=CC=C[C@@H]1O[C@H]1C[C@@H](C)OC2=O. The molecule has 11 heteroatoms. The van der Waals surface area contributed by atoms with Gasteiger partial charge < -0.3 is 28.4 Å². The molecule has 35 heavy (non-hydrogen) atoms. The Morgan fingerprint density at radius 2 is 1.71 bits per heavy atom. The highest BCUT2D eigenvalue weighted by Gasteiger charge is 2.38. The van der Waals surface area contributed by atoms with E-state index in [1.54, 1.807) is 19.1 Å². The van der Waals surface area contributed by atoms with E-state index in [2.05, 4.69) is 9.47 Å². The van der Waals surface area contributed by atoms with Gasteiger partial charge in [0.05, 0.1) is 25.3 Å². The molecule has 3 rings (SSSR count). The molecule has 1 aromatic rings. The minimum absolute atomic E-state index is 0.0523. The molecule has 0 N–H and O–H groups in total. The molecule has 0 amide bonds. The minimum Gasteiger partial charge on any atom is -0.481 e. The predicted molar refractivity (Wildman–Crippen MR) is 122 cm³/mol. The van der Waals surface area contributed by atoms with Crippen molar-refractivity contribution < 1.29 is 47.6 Å². The Morgan fingerprint density at radius 3 is 2.37 bits per heavy atom. The van der Waals surface area contributed by atoms with Crippen molar-refractivity contribution in [3.8, 4) is 11.5 Å². The van der Waals surface area contributed by atoms with Crippen molar-refractivity contribution in [1.29, 1.82) is 0 Å². The van der Waals surface area contributed by atoms with E-state index in [1.165, 1.54) is 26.4 Å². The van der Waals surface area contributed by atoms with Crippen LogP contribution >= 0.6 is 11.6 Å². The average Bonchev–Trinajstić information content (AvgIpc) is 3.56. The van der Waals surface area contributed by atoms with Crippen molar-refractivity contribution in [3.63, 3.8) is 0 Å². The molecule has 1 fully saturated rings. The minimum atomic E-state index is -0.810. The Balaban J connectivity index is 2.07. The number of halogens is 1.